The smallest absolute Gasteiger partial charge is 0.342 e. The molecule has 3 aliphatic rings. The molecule has 7 N–H and O–H groups in total. The third kappa shape index (κ3) is 14.7. The second kappa shape index (κ2) is 26.5. The van der Waals surface area contributed by atoms with Crippen molar-refractivity contribution in [2.45, 2.75) is 187 Å². The van der Waals surface area contributed by atoms with Crippen LogP contribution in [0.3, 0.4) is 0 Å². The molecule has 20 heteroatoms. The maximum Gasteiger partial charge on any atom is 0.342 e. The molecule has 0 bridgehead atoms. The lowest BCUT2D eigenvalue weighted by Gasteiger charge is -2.47. The lowest BCUT2D eigenvalue weighted by atomic mass is 9.88. The average molecular weight is 1060 g/mol. The predicted molar refractivity (Wildman–Crippen MR) is 265 cm³/mol. The van der Waals surface area contributed by atoms with Crippen molar-refractivity contribution in [3.8, 4) is 11.5 Å². The number of aliphatic hydroxyl groups excluding tert-OH is 5. The Bertz CT molecular complexity index is 2220. The molecule has 0 aromatic heterocycles. The summed E-state index contributed by atoms with van der Waals surface area (Å²) in [5.74, 6) is -4.78. The monoisotopic (exact) mass is 1060 g/mol. The number of halogens is 2. The normalized spacial score (nSPS) is 32.7. The van der Waals surface area contributed by atoms with Crippen LogP contribution < -0.4 is 0 Å². The highest BCUT2D eigenvalue weighted by molar-refractivity contribution is 6.39. The van der Waals surface area contributed by atoms with Crippen LogP contribution in [0.4, 0.5) is 0 Å². The Kier molecular flexibility index (Phi) is 22.4. The molecule has 72 heavy (non-hydrogen) atoms. The van der Waals surface area contributed by atoms with E-state index >= 15 is 0 Å². The third-order valence-electron chi connectivity index (χ3n) is 13.0. The number of allylic oxidation sites excluding steroid dienone is 4. The van der Waals surface area contributed by atoms with Gasteiger partial charge < -0.3 is 73.6 Å². The zero-order valence-electron chi connectivity index (χ0n) is 43.0. The molecule has 404 valence electrons. The van der Waals surface area contributed by atoms with Crippen molar-refractivity contribution in [2.24, 2.45) is 11.8 Å². The van der Waals surface area contributed by atoms with Gasteiger partial charge in [0.25, 0.3) is 0 Å². The Labute approximate surface area is 431 Å². The number of phenols is 2. The van der Waals surface area contributed by atoms with Crippen molar-refractivity contribution in [2.75, 3.05) is 13.7 Å². The molecule has 3 aliphatic heterocycles. The highest BCUT2D eigenvalue weighted by Gasteiger charge is 2.53. The molecule has 1 unspecified atom stereocenters. The van der Waals surface area contributed by atoms with Crippen LogP contribution in [0.15, 0.2) is 58.7 Å². The van der Waals surface area contributed by atoms with E-state index in [1.807, 2.05) is 32.9 Å². The highest BCUT2D eigenvalue weighted by atomic mass is 35.5. The fourth-order valence-corrected chi connectivity index (χ4v) is 9.16. The number of esters is 3. The van der Waals surface area contributed by atoms with Gasteiger partial charge in [-0.2, -0.15) is 0 Å². The first-order valence-electron chi connectivity index (χ1n) is 24.2. The fraction of sp³-hybridized carbons (Fsp3) is 0.635. The molecular formula is C52H74Cl2O18. The van der Waals surface area contributed by atoms with Crippen molar-refractivity contribution in [3.63, 3.8) is 0 Å². The fourth-order valence-electron chi connectivity index (χ4n) is 8.60. The van der Waals surface area contributed by atoms with Crippen LogP contribution in [0.1, 0.15) is 111 Å². The van der Waals surface area contributed by atoms with Gasteiger partial charge in [0.2, 0.25) is 0 Å². The van der Waals surface area contributed by atoms with Crippen LogP contribution in [0, 0.1) is 11.8 Å². The van der Waals surface area contributed by atoms with Gasteiger partial charge in [0, 0.05) is 19.4 Å². The van der Waals surface area contributed by atoms with E-state index in [0.717, 1.165) is 0 Å². The number of rotatable bonds is 13. The molecule has 4 rings (SSSR count). The van der Waals surface area contributed by atoms with Crippen LogP contribution >= 0.6 is 23.2 Å². The van der Waals surface area contributed by atoms with E-state index in [4.69, 9.17) is 61.1 Å². The maximum atomic E-state index is 13.9. The summed E-state index contributed by atoms with van der Waals surface area (Å²) >= 11 is 12.3. The van der Waals surface area contributed by atoms with Gasteiger partial charge in [-0.05, 0) is 90.5 Å². The number of ether oxygens (including phenoxy) is 8. The van der Waals surface area contributed by atoms with Gasteiger partial charge in [0.1, 0.15) is 46.7 Å². The number of hydrogen-bond donors (Lipinski definition) is 7. The topological polar surface area (TPSA) is 267 Å². The summed E-state index contributed by atoms with van der Waals surface area (Å²) in [6.45, 7) is 18.1. The lowest BCUT2D eigenvalue weighted by molar-refractivity contribution is -0.333. The highest BCUT2D eigenvalue weighted by Crippen LogP contribution is 2.45. The van der Waals surface area contributed by atoms with Crippen molar-refractivity contribution in [1.29, 1.82) is 0 Å². The molecule has 1 aromatic rings. The number of carbonyl (C=O) groups excluding carboxylic acids is 3. The SMILES string of the molecule is CCc1c(Cl)c(O)c(Cl)c(O)c1C(=O)O[C@H]1[C@H](O)[C@H](OC)[C@H](OCC2=C/C=C/C[C@H](O)/C(C)=C\[C@H](CC)[C@@H](O[C@@H]3OC(C)(C)C(OC(=O)C(C)C)[C@H](O)[C@@H]3O)C(C)=CC(C)=CC[C@@H]([C@@H](C)O)OC2=O)O[C@@H]1C. The zero-order chi connectivity index (χ0) is 54.1. The molecule has 0 amide bonds. The van der Waals surface area contributed by atoms with Gasteiger partial charge in [0.15, 0.2) is 36.3 Å². The number of benzene rings is 1. The molecule has 14 atom stereocenters. The molecule has 0 aliphatic carbocycles. The van der Waals surface area contributed by atoms with Crippen molar-refractivity contribution in [1.82, 2.24) is 0 Å². The second-order valence-electron chi connectivity index (χ2n) is 19.4. The number of aromatic hydroxyl groups is 2. The number of methoxy groups -OCH3 is 1. The number of cyclic esters (lactones) is 1. The summed E-state index contributed by atoms with van der Waals surface area (Å²) in [5, 5.41) is 76.5. The lowest BCUT2D eigenvalue weighted by Crippen LogP contribution is -2.64. The van der Waals surface area contributed by atoms with Crippen molar-refractivity contribution < 1.29 is 88.0 Å². The minimum atomic E-state index is -1.61. The zero-order valence-corrected chi connectivity index (χ0v) is 44.5. The Morgan fingerprint density at radius 3 is 2.17 bits per heavy atom. The first-order valence-corrected chi connectivity index (χ1v) is 24.9. The minimum absolute atomic E-state index is 0.0372. The first-order chi connectivity index (χ1) is 33.7. The molecule has 2 fully saturated rings. The summed E-state index contributed by atoms with van der Waals surface area (Å²) in [5.41, 5.74) is 0.318. The van der Waals surface area contributed by atoms with Gasteiger partial charge in [-0.15, -0.1) is 0 Å². The van der Waals surface area contributed by atoms with Gasteiger partial charge in [-0.1, -0.05) is 86.9 Å². The second-order valence-corrected chi connectivity index (χ2v) is 20.1. The molecule has 1 aromatic carbocycles. The van der Waals surface area contributed by atoms with Gasteiger partial charge >= 0.3 is 17.9 Å². The first kappa shape index (κ1) is 60.7. The van der Waals surface area contributed by atoms with E-state index in [1.165, 1.54) is 33.1 Å². The molecule has 18 nitrogen and oxygen atoms in total. The van der Waals surface area contributed by atoms with E-state index in [1.54, 1.807) is 53.7 Å². The van der Waals surface area contributed by atoms with E-state index in [0.29, 0.717) is 23.1 Å². The van der Waals surface area contributed by atoms with E-state index in [-0.39, 0.29) is 35.4 Å². The molecular weight excluding hydrogens is 983 g/mol. The van der Waals surface area contributed by atoms with Gasteiger partial charge in [0.05, 0.1) is 47.5 Å². The number of hydrogen-bond acceptors (Lipinski definition) is 18. The maximum absolute atomic E-state index is 13.9. The van der Waals surface area contributed by atoms with Crippen LogP contribution in [0.2, 0.25) is 10.0 Å². The number of carbonyl (C=O) groups is 3. The number of aliphatic hydroxyl groups is 5. The van der Waals surface area contributed by atoms with Crippen molar-refractivity contribution in [3.05, 3.63) is 79.9 Å². The van der Waals surface area contributed by atoms with Crippen LogP contribution in [0.25, 0.3) is 0 Å². The molecule has 0 saturated carbocycles. The summed E-state index contributed by atoms with van der Waals surface area (Å²) in [6, 6.07) is 0. The van der Waals surface area contributed by atoms with Gasteiger partial charge in [-0.3, -0.25) is 4.79 Å². The minimum Gasteiger partial charge on any atom is -0.505 e. The Morgan fingerprint density at radius 1 is 0.903 bits per heavy atom. The van der Waals surface area contributed by atoms with Crippen LogP contribution in [-0.4, -0.2) is 153 Å². The Morgan fingerprint density at radius 2 is 1.57 bits per heavy atom. The third-order valence-corrected chi connectivity index (χ3v) is 13.8. The molecule has 2 saturated heterocycles. The summed E-state index contributed by atoms with van der Waals surface area (Å²) < 4.78 is 47.5. The van der Waals surface area contributed by atoms with Crippen LogP contribution in [0.5, 0.6) is 11.5 Å². The summed E-state index contributed by atoms with van der Waals surface area (Å²) in [7, 11) is 1.26. The number of phenolic OH excluding ortho intramolecular Hbond substituents is 2. The van der Waals surface area contributed by atoms with Gasteiger partial charge in [-0.25, -0.2) is 9.59 Å². The molecule has 0 spiro atoms. The van der Waals surface area contributed by atoms with Crippen molar-refractivity contribution >= 4 is 41.1 Å². The largest absolute Gasteiger partial charge is 0.505 e. The van der Waals surface area contributed by atoms with Crippen LogP contribution in [-0.2, 0) is 53.9 Å². The average Bonchev–Trinajstić information content (AvgIpc) is 3.32. The predicted octanol–water partition coefficient (Wildman–Crippen LogP) is 6.23. The summed E-state index contributed by atoms with van der Waals surface area (Å²) in [4.78, 5) is 40.0. The quantitative estimate of drug-likeness (QED) is 0.0655. The molecule has 0 radical (unpaired) electrons. The summed E-state index contributed by atoms with van der Waals surface area (Å²) in [6.07, 6.45) is -5.45. The standard InChI is InChI=1S/C52H74Cl2O18/c1-13-30-22-26(6)33(56)18-16-15-17-31(23-66-51-45(65-12)42(61)44(29(9)67-51)69-49(64)35-32(14-2)36(53)39(58)37(54)38(35)57)48(63)68-34(28(8)55)20-19-25(5)21-27(7)43(30)70-50-41(60)40(59)46(52(10,11)72-50)71-47(62)24(3)4/h15-17,19,21-22,24,28-30,33-34,40-46,50-51,55-61H,13-14,18,20,23H2,1-12H3/b16-15+,25-19?,26-22-,27-21?,31-17?/t28-,29-,30+,33+,34+,40-,41+,42+,43+,44-,45+,46?,50-,51-/m1/s1. The van der Waals surface area contributed by atoms with E-state index < -0.39 is 144 Å². The van der Waals surface area contributed by atoms with E-state index in [9.17, 15) is 50.1 Å². The van der Waals surface area contributed by atoms with E-state index in [2.05, 4.69) is 0 Å². The molecule has 3 heterocycles. The Balaban J connectivity index is 1.61. The Hall–Kier alpha value is -3.89.